The van der Waals surface area contributed by atoms with Gasteiger partial charge in [-0.2, -0.15) is 0 Å². The first-order valence-electron chi connectivity index (χ1n) is 10.7. The number of aliphatic imine (C=N–C) groups is 1. The van der Waals surface area contributed by atoms with Crippen molar-refractivity contribution in [2.24, 2.45) is 4.99 Å². The van der Waals surface area contributed by atoms with E-state index in [1.54, 1.807) is 23.8 Å². The van der Waals surface area contributed by atoms with Crippen LogP contribution in [0.25, 0.3) is 0 Å². The largest absolute Gasteiger partial charge is 0.467 e. The molecule has 5 rings (SSSR count). The number of hydrogen-bond acceptors (Lipinski definition) is 7. The summed E-state index contributed by atoms with van der Waals surface area (Å²) in [4.78, 5) is 21.2. The first-order valence-corrected chi connectivity index (χ1v) is 11.5. The van der Waals surface area contributed by atoms with Crippen LogP contribution in [0.2, 0.25) is 0 Å². The Morgan fingerprint density at radius 1 is 1.19 bits per heavy atom. The number of amides is 1. The molecule has 1 aliphatic heterocycles. The molecule has 0 unspecified atom stereocenters. The Labute approximate surface area is 184 Å². The van der Waals surface area contributed by atoms with Gasteiger partial charge in [-0.3, -0.25) is 4.79 Å². The van der Waals surface area contributed by atoms with Crippen molar-refractivity contribution in [3.8, 4) is 0 Å². The SMILES string of the molecule is O=C(NCc1ccco1)c1c(N=Cc2ccc(N3CCOCC3)o2)sc2c1CCCC2. The van der Waals surface area contributed by atoms with E-state index in [2.05, 4.69) is 15.2 Å². The number of nitrogens with one attached hydrogen (secondary N) is 1. The second kappa shape index (κ2) is 9.11. The molecule has 7 nitrogen and oxygen atoms in total. The summed E-state index contributed by atoms with van der Waals surface area (Å²) in [6.45, 7) is 3.42. The van der Waals surface area contributed by atoms with E-state index in [4.69, 9.17) is 13.6 Å². The molecule has 0 radical (unpaired) electrons. The van der Waals surface area contributed by atoms with Crippen LogP contribution in [0.1, 0.15) is 45.2 Å². The maximum Gasteiger partial charge on any atom is 0.255 e. The van der Waals surface area contributed by atoms with Gasteiger partial charge in [0.05, 0.1) is 37.8 Å². The number of aryl methyl sites for hydroxylation is 1. The molecular weight excluding hydrogens is 414 g/mol. The molecule has 1 aliphatic carbocycles. The van der Waals surface area contributed by atoms with Crippen molar-refractivity contribution in [3.05, 3.63) is 58.1 Å². The van der Waals surface area contributed by atoms with Gasteiger partial charge in [0, 0.05) is 24.0 Å². The normalized spacial score (nSPS) is 16.6. The summed E-state index contributed by atoms with van der Waals surface area (Å²) >= 11 is 1.62. The molecule has 0 saturated carbocycles. The van der Waals surface area contributed by atoms with Gasteiger partial charge in [-0.15, -0.1) is 11.3 Å². The highest BCUT2D eigenvalue weighted by atomic mass is 32.1. The predicted molar refractivity (Wildman–Crippen MR) is 120 cm³/mol. The zero-order valence-corrected chi connectivity index (χ0v) is 18.1. The summed E-state index contributed by atoms with van der Waals surface area (Å²) in [5.41, 5.74) is 1.84. The number of rotatable bonds is 6. The van der Waals surface area contributed by atoms with Crippen LogP contribution >= 0.6 is 11.3 Å². The van der Waals surface area contributed by atoms with Gasteiger partial charge in [0.15, 0.2) is 5.88 Å². The standard InChI is InChI=1S/C23H25N3O4S/c27-22(24-14-16-4-3-11-29-16)21-18-5-1-2-6-19(18)31-23(21)25-15-17-7-8-20(30-17)26-9-12-28-13-10-26/h3-4,7-8,11,15H,1-2,5-6,9-10,12-14H2,(H,24,27). The van der Waals surface area contributed by atoms with Crippen molar-refractivity contribution < 1.29 is 18.4 Å². The van der Waals surface area contributed by atoms with Crippen molar-refractivity contribution in [3.63, 3.8) is 0 Å². The van der Waals surface area contributed by atoms with Crippen LogP contribution < -0.4 is 10.2 Å². The van der Waals surface area contributed by atoms with Crippen LogP contribution in [-0.2, 0) is 24.1 Å². The Kier molecular flexibility index (Phi) is 5.90. The van der Waals surface area contributed by atoms with Crippen molar-refractivity contribution in [2.45, 2.75) is 32.2 Å². The zero-order chi connectivity index (χ0) is 21.0. The quantitative estimate of drug-likeness (QED) is 0.578. The van der Waals surface area contributed by atoms with E-state index in [-0.39, 0.29) is 5.91 Å². The molecule has 1 N–H and O–H groups in total. The number of anilines is 1. The highest BCUT2D eigenvalue weighted by molar-refractivity contribution is 7.16. The first-order chi connectivity index (χ1) is 15.3. The summed E-state index contributed by atoms with van der Waals surface area (Å²) in [6.07, 6.45) is 7.52. The molecule has 2 aliphatic rings. The second-order valence-corrected chi connectivity index (χ2v) is 8.77. The summed E-state index contributed by atoms with van der Waals surface area (Å²) in [5.74, 6) is 2.13. The van der Waals surface area contributed by atoms with Gasteiger partial charge in [0.1, 0.15) is 16.5 Å². The molecule has 4 heterocycles. The number of nitrogens with zero attached hydrogens (tertiary/aromatic N) is 2. The minimum absolute atomic E-state index is 0.101. The molecule has 0 aromatic carbocycles. The van der Waals surface area contributed by atoms with Gasteiger partial charge >= 0.3 is 0 Å². The number of carbonyl (C=O) groups is 1. The van der Waals surface area contributed by atoms with E-state index >= 15 is 0 Å². The second-order valence-electron chi connectivity index (χ2n) is 7.69. The van der Waals surface area contributed by atoms with E-state index in [1.807, 2.05) is 24.3 Å². The van der Waals surface area contributed by atoms with Gasteiger partial charge < -0.3 is 23.8 Å². The Morgan fingerprint density at radius 2 is 2.06 bits per heavy atom. The van der Waals surface area contributed by atoms with Crippen molar-refractivity contribution >= 4 is 34.3 Å². The average Bonchev–Trinajstić information content (AvgIpc) is 3.56. The topological polar surface area (TPSA) is 80.2 Å². The van der Waals surface area contributed by atoms with E-state index in [9.17, 15) is 4.79 Å². The number of carbonyl (C=O) groups excluding carboxylic acids is 1. The number of furan rings is 2. The van der Waals surface area contributed by atoms with Crippen LogP contribution in [-0.4, -0.2) is 38.4 Å². The summed E-state index contributed by atoms with van der Waals surface area (Å²) < 4.78 is 16.7. The fourth-order valence-electron chi connectivity index (χ4n) is 4.03. The molecule has 0 spiro atoms. The van der Waals surface area contributed by atoms with E-state index in [0.29, 0.717) is 31.1 Å². The summed E-state index contributed by atoms with van der Waals surface area (Å²) in [6, 6.07) is 7.55. The lowest BCUT2D eigenvalue weighted by Crippen LogP contribution is -2.35. The highest BCUT2D eigenvalue weighted by Gasteiger charge is 2.25. The molecule has 3 aromatic heterocycles. The average molecular weight is 440 g/mol. The maximum atomic E-state index is 13.1. The summed E-state index contributed by atoms with van der Waals surface area (Å²) in [5, 5.41) is 3.73. The maximum absolute atomic E-state index is 13.1. The third-order valence-corrected chi connectivity index (χ3v) is 6.83. The lowest BCUT2D eigenvalue weighted by Gasteiger charge is -2.26. The lowest BCUT2D eigenvalue weighted by molar-refractivity contribution is 0.0948. The Morgan fingerprint density at radius 3 is 2.90 bits per heavy atom. The van der Waals surface area contributed by atoms with Crippen molar-refractivity contribution in [1.29, 1.82) is 0 Å². The molecule has 1 saturated heterocycles. The van der Waals surface area contributed by atoms with Gasteiger partial charge in [-0.25, -0.2) is 4.99 Å². The molecule has 0 bridgehead atoms. The predicted octanol–water partition coefficient (Wildman–Crippen LogP) is 4.33. The number of ether oxygens (including phenoxy) is 1. The number of morpholine rings is 1. The fraction of sp³-hybridized carbons (Fsp3) is 0.391. The number of hydrogen-bond donors (Lipinski definition) is 1. The van der Waals surface area contributed by atoms with Crippen LogP contribution in [0.5, 0.6) is 0 Å². The highest BCUT2D eigenvalue weighted by Crippen LogP contribution is 2.40. The monoisotopic (exact) mass is 439 g/mol. The lowest BCUT2D eigenvalue weighted by atomic mass is 9.95. The van der Waals surface area contributed by atoms with Crippen LogP contribution in [0, 0.1) is 0 Å². The van der Waals surface area contributed by atoms with Gasteiger partial charge in [0.25, 0.3) is 5.91 Å². The van der Waals surface area contributed by atoms with Crippen LogP contribution in [0.3, 0.4) is 0 Å². The van der Waals surface area contributed by atoms with Crippen molar-refractivity contribution in [2.75, 3.05) is 31.2 Å². The third-order valence-electron chi connectivity index (χ3n) is 5.63. The Hall–Kier alpha value is -2.84. The number of fused-ring (bicyclic) bond motifs is 1. The van der Waals surface area contributed by atoms with Crippen LogP contribution in [0.15, 0.2) is 44.4 Å². The summed E-state index contributed by atoms with van der Waals surface area (Å²) in [7, 11) is 0. The van der Waals surface area contributed by atoms with E-state index in [0.717, 1.165) is 61.0 Å². The minimum Gasteiger partial charge on any atom is -0.467 e. The molecular formula is C23H25N3O4S. The number of thiophene rings is 1. The Bertz CT molecular complexity index is 1060. The van der Waals surface area contributed by atoms with Gasteiger partial charge in [-0.05, 0) is 49.4 Å². The molecule has 1 fully saturated rings. The molecule has 8 heteroatoms. The van der Waals surface area contributed by atoms with Crippen LogP contribution in [0.4, 0.5) is 10.9 Å². The smallest absolute Gasteiger partial charge is 0.255 e. The molecule has 0 atom stereocenters. The Balaban J connectivity index is 1.36. The third kappa shape index (κ3) is 4.45. The zero-order valence-electron chi connectivity index (χ0n) is 17.3. The van der Waals surface area contributed by atoms with Gasteiger partial charge in [-0.1, -0.05) is 0 Å². The fourth-order valence-corrected chi connectivity index (χ4v) is 5.26. The van der Waals surface area contributed by atoms with Crippen molar-refractivity contribution in [1.82, 2.24) is 5.32 Å². The first kappa shape index (κ1) is 20.1. The molecule has 162 valence electrons. The van der Waals surface area contributed by atoms with E-state index in [1.165, 1.54) is 4.88 Å². The van der Waals surface area contributed by atoms with E-state index < -0.39 is 0 Å². The molecule has 3 aromatic rings. The minimum atomic E-state index is -0.101. The van der Waals surface area contributed by atoms with Gasteiger partial charge in [0.2, 0.25) is 0 Å². The molecule has 31 heavy (non-hydrogen) atoms. The molecule has 1 amide bonds.